The van der Waals surface area contributed by atoms with Crippen molar-refractivity contribution in [2.75, 3.05) is 33.4 Å². The Hall–Kier alpha value is -1.63. The van der Waals surface area contributed by atoms with E-state index in [1.165, 1.54) is 0 Å². The van der Waals surface area contributed by atoms with E-state index in [-0.39, 0.29) is 0 Å². The normalized spacial score (nSPS) is 14.2. The Morgan fingerprint density at radius 1 is 1.12 bits per heavy atom. The molecule has 6 heteroatoms. The molecule has 1 aliphatic heterocycles. The number of thiocarbonyl (C=S) groups is 1. The minimum atomic E-state index is 0.483. The molecule has 1 aliphatic rings. The molecule has 132 valence electrons. The van der Waals surface area contributed by atoms with Gasteiger partial charge in [-0.25, -0.2) is 0 Å². The number of nitrogens with zero attached hydrogens (tertiary/aromatic N) is 1. The number of halogens is 1. The highest BCUT2D eigenvalue weighted by molar-refractivity contribution is 9.10. The van der Waals surface area contributed by atoms with E-state index >= 15 is 0 Å². The second-order valence-electron chi connectivity index (χ2n) is 5.69. The van der Waals surface area contributed by atoms with Crippen LogP contribution in [-0.4, -0.2) is 43.3 Å². The fourth-order valence-electron chi connectivity index (χ4n) is 2.61. The van der Waals surface area contributed by atoms with Crippen molar-refractivity contribution < 1.29 is 14.2 Å². The highest BCUT2D eigenvalue weighted by Crippen LogP contribution is 2.29. The van der Waals surface area contributed by atoms with Crippen LogP contribution >= 0.6 is 28.1 Å². The van der Waals surface area contributed by atoms with Crippen LogP contribution in [0.25, 0.3) is 0 Å². The third kappa shape index (κ3) is 4.71. The average Bonchev–Trinajstić information content (AvgIpc) is 2.67. The second-order valence-corrected chi connectivity index (χ2v) is 6.99. The van der Waals surface area contributed by atoms with E-state index in [4.69, 9.17) is 26.4 Å². The van der Waals surface area contributed by atoms with Crippen LogP contribution in [0.15, 0.2) is 46.9 Å². The lowest BCUT2D eigenvalue weighted by atomic mass is 10.1. The Balaban J connectivity index is 1.70. The molecule has 0 bridgehead atoms. The number of methoxy groups -OCH3 is 1. The molecule has 1 fully saturated rings. The van der Waals surface area contributed by atoms with Gasteiger partial charge in [-0.2, -0.15) is 0 Å². The molecule has 0 aromatic heterocycles. The summed E-state index contributed by atoms with van der Waals surface area (Å²) in [7, 11) is 1.64. The number of morpholine rings is 1. The van der Waals surface area contributed by atoms with E-state index in [1.807, 2.05) is 42.5 Å². The summed E-state index contributed by atoms with van der Waals surface area (Å²) in [4.78, 5) is 2.98. The first-order valence-corrected chi connectivity index (χ1v) is 9.30. The summed E-state index contributed by atoms with van der Waals surface area (Å²) in [6.45, 7) is 3.56. The molecule has 1 heterocycles. The van der Waals surface area contributed by atoms with Gasteiger partial charge in [-0.15, -0.1) is 0 Å². The van der Waals surface area contributed by atoms with Crippen LogP contribution in [0.5, 0.6) is 11.5 Å². The second kappa shape index (κ2) is 8.65. The Morgan fingerprint density at radius 3 is 2.52 bits per heavy atom. The molecule has 0 atom stereocenters. The summed E-state index contributed by atoms with van der Waals surface area (Å²) in [5.41, 5.74) is 2.06. The van der Waals surface area contributed by atoms with E-state index in [0.29, 0.717) is 31.3 Å². The molecular weight excluding hydrogens is 402 g/mol. The molecule has 0 aliphatic carbocycles. The van der Waals surface area contributed by atoms with Gasteiger partial charge in [-0.1, -0.05) is 40.3 Å². The smallest absolute Gasteiger partial charge is 0.161 e. The van der Waals surface area contributed by atoms with Crippen LogP contribution in [0.2, 0.25) is 0 Å². The average molecular weight is 422 g/mol. The van der Waals surface area contributed by atoms with Gasteiger partial charge in [0.25, 0.3) is 0 Å². The number of hydrogen-bond donors (Lipinski definition) is 0. The summed E-state index contributed by atoms with van der Waals surface area (Å²) in [5, 5.41) is 0. The zero-order chi connectivity index (χ0) is 17.6. The highest BCUT2D eigenvalue weighted by atomic mass is 79.9. The SMILES string of the molecule is COc1cc(C(=S)N2CCOCC2)ccc1OCc1ccc(Br)cc1. The number of rotatable bonds is 5. The summed E-state index contributed by atoms with van der Waals surface area (Å²) in [5.74, 6) is 1.39. The van der Waals surface area contributed by atoms with Crippen molar-refractivity contribution in [1.82, 2.24) is 4.90 Å². The van der Waals surface area contributed by atoms with Crippen LogP contribution in [0.3, 0.4) is 0 Å². The van der Waals surface area contributed by atoms with Crippen molar-refractivity contribution in [3.8, 4) is 11.5 Å². The molecule has 0 amide bonds. The van der Waals surface area contributed by atoms with Gasteiger partial charge in [0.2, 0.25) is 0 Å². The van der Waals surface area contributed by atoms with Crippen LogP contribution < -0.4 is 9.47 Å². The lowest BCUT2D eigenvalue weighted by molar-refractivity contribution is 0.0693. The first kappa shape index (κ1) is 18.2. The maximum Gasteiger partial charge on any atom is 0.161 e. The van der Waals surface area contributed by atoms with Crippen LogP contribution in [0.4, 0.5) is 0 Å². The third-order valence-electron chi connectivity index (χ3n) is 4.02. The Bertz CT molecular complexity index is 730. The van der Waals surface area contributed by atoms with Gasteiger partial charge >= 0.3 is 0 Å². The molecular formula is C19H20BrNO3S. The fraction of sp³-hybridized carbons (Fsp3) is 0.316. The van der Waals surface area contributed by atoms with Gasteiger partial charge in [0.05, 0.1) is 20.3 Å². The maximum atomic E-state index is 5.92. The molecule has 1 saturated heterocycles. The molecule has 0 N–H and O–H groups in total. The van der Waals surface area contributed by atoms with E-state index < -0.39 is 0 Å². The fourth-order valence-corrected chi connectivity index (χ4v) is 3.18. The third-order valence-corrected chi connectivity index (χ3v) is 5.04. The van der Waals surface area contributed by atoms with Crippen LogP contribution in [0.1, 0.15) is 11.1 Å². The molecule has 0 unspecified atom stereocenters. The van der Waals surface area contributed by atoms with Crippen molar-refractivity contribution in [1.29, 1.82) is 0 Å². The van der Waals surface area contributed by atoms with E-state index in [9.17, 15) is 0 Å². The highest BCUT2D eigenvalue weighted by Gasteiger charge is 2.17. The molecule has 2 aromatic rings. The molecule has 2 aromatic carbocycles. The monoisotopic (exact) mass is 421 g/mol. The first-order valence-electron chi connectivity index (χ1n) is 8.09. The van der Waals surface area contributed by atoms with Gasteiger partial charge in [0.1, 0.15) is 11.6 Å². The molecule has 0 radical (unpaired) electrons. The molecule has 0 saturated carbocycles. The quantitative estimate of drug-likeness (QED) is 0.679. The van der Waals surface area contributed by atoms with Gasteiger partial charge < -0.3 is 19.1 Å². The largest absolute Gasteiger partial charge is 0.493 e. The van der Waals surface area contributed by atoms with E-state index in [1.54, 1.807) is 7.11 Å². The predicted octanol–water partition coefficient (Wildman–Crippen LogP) is 4.04. The summed E-state index contributed by atoms with van der Waals surface area (Å²) >= 11 is 9.05. The minimum Gasteiger partial charge on any atom is -0.493 e. The van der Waals surface area contributed by atoms with Gasteiger partial charge in [-0.05, 0) is 35.9 Å². The minimum absolute atomic E-state index is 0.483. The molecule has 25 heavy (non-hydrogen) atoms. The Morgan fingerprint density at radius 2 is 1.84 bits per heavy atom. The lowest BCUT2D eigenvalue weighted by Gasteiger charge is -2.29. The van der Waals surface area contributed by atoms with Gasteiger partial charge in [0, 0.05) is 23.1 Å². The van der Waals surface area contributed by atoms with Gasteiger partial charge in [0.15, 0.2) is 11.5 Å². The number of benzene rings is 2. The number of ether oxygens (including phenoxy) is 3. The van der Waals surface area contributed by atoms with Gasteiger partial charge in [-0.3, -0.25) is 0 Å². The topological polar surface area (TPSA) is 30.9 Å². The van der Waals surface area contributed by atoms with Crippen molar-refractivity contribution in [2.24, 2.45) is 0 Å². The maximum absolute atomic E-state index is 5.92. The van der Waals surface area contributed by atoms with Crippen molar-refractivity contribution in [3.63, 3.8) is 0 Å². The summed E-state index contributed by atoms with van der Waals surface area (Å²) in [6, 6.07) is 13.9. The van der Waals surface area contributed by atoms with Crippen molar-refractivity contribution in [2.45, 2.75) is 6.61 Å². The zero-order valence-corrected chi connectivity index (χ0v) is 16.4. The standard InChI is InChI=1S/C19H20BrNO3S/c1-22-18-12-15(19(25)21-8-10-23-11-9-21)4-7-17(18)24-13-14-2-5-16(20)6-3-14/h2-7,12H,8-11,13H2,1H3. The van der Waals surface area contributed by atoms with E-state index in [2.05, 4.69) is 20.8 Å². The van der Waals surface area contributed by atoms with Crippen LogP contribution in [0, 0.1) is 0 Å². The van der Waals surface area contributed by atoms with Crippen molar-refractivity contribution in [3.05, 3.63) is 58.1 Å². The zero-order valence-electron chi connectivity index (χ0n) is 14.0. The van der Waals surface area contributed by atoms with E-state index in [0.717, 1.165) is 33.7 Å². The Kier molecular flexibility index (Phi) is 6.29. The van der Waals surface area contributed by atoms with Crippen LogP contribution in [-0.2, 0) is 11.3 Å². The summed E-state index contributed by atoms with van der Waals surface area (Å²) < 4.78 is 17.8. The Labute approximate surface area is 161 Å². The number of hydrogen-bond acceptors (Lipinski definition) is 4. The summed E-state index contributed by atoms with van der Waals surface area (Å²) in [6.07, 6.45) is 0. The first-order chi connectivity index (χ1) is 12.2. The molecule has 3 rings (SSSR count). The molecule has 4 nitrogen and oxygen atoms in total. The molecule has 0 spiro atoms. The lowest BCUT2D eigenvalue weighted by Crippen LogP contribution is -2.40. The van der Waals surface area contributed by atoms with Crippen molar-refractivity contribution >= 4 is 33.1 Å². The predicted molar refractivity (Wildman–Crippen MR) is 106 cm³/mol.